The van der Waals surface area contributed by atoms with Crippen LogP contribution in [-0.2, 0) is 0 Å². The van der Waals surface area contributed by atoms with Crippen molar-refractivity contribution in [2.75, 3.05) is 0 Å². The molecule has 0 aliphatic heterocycles. The monoisotopic (exact) mass is 632 g/mol. The third kappa shape index (κ3) is 3.54. The molecule has 9 rings (SSSR count). The number of imidazole rings is 1. The number of nitrogens with zero attached hydrogens (tertiary/aromatic N) is 2. The first kappa shape index (κ1) is 25.0. The Kier molecular flexibility index (Phi) is 5.52. The third-order valence-electron chi connectivity index (χ3n) is 8.78. The zero-order valence-corrected chi connectivity index (χ0v) is 25.8. The molecule has 7 aromatic carbocycles. The molecule has 0 unspecified atom stereocenters. The van der Waals surface area contributed by atoms with Crippen LogP contribution in [0.4, 0.5) is 0 Å². The zero-order valence-electron chi connectivity index (χ0n) is 23.2. The number of hydrogen-bond donors (Lipinski definition) is 0. The van der Waals surface area contributed by atoms with E-state index in [1.54, 1.807) is 0 Å². The fraction of sp³-hybridized carbons (Fsp3) is 0. The zero-order chi connectivity index (χ0) is 28.5. The molecule has 0 aliphatic rings. The number of pyridine rings is 1. The summed E-state index contributed by atoms with van der Waals surface area (Å²) in [7, 11) is 0. The van der Waals surface area contributed by atoms with Crippen LogP contribution in [0.3, 0.4) is 0 Å². The maximum atomic E-state index is 5.30. The van der Waals surface area contributed by atoms with Gasteiger partial charge in [0.15, 0.2) is 0 Å². The van der Waals surface area contributed by atoms with E-state index in [9.17, 15) is 0 Å². The second kappa shape index (κ2) is 9.49. The van der Waals surface area contributed by atoms with Crippen LogP contribution in [0.25, 0.3) is 59.9 Å². The van der Waals surface area contributed by atoms with Gasteiger partial charge in [0.25, 0.3) is 0 Å². The molecule has 0 spiro atoms. The van der Waals surface area contributed by atoms with E-state index < -0.39 is 5.51 Å². The third-order valence-corrected chi connectivity index (χ3v) is 15.7. The van der Waals surface area contributed by atoms with Crippen molar-refractivity contribution in [2.24, 2.45) is 0 Å². The minimum absolute atomic E-state index is 1.00. The fourth-order valence-corrected chi connectivity index (χ4v) is 12.7. The molecule has 2 heterocycles. The number of hydrogen-bond acceptors (Lipinski definition) is 1. The molecule has 43 heavy (non-hydrogen) atoms. The molecule has 0 atom stereocenters. The predicted molar refractivity (Wildman–Crippen MR) is 187 cm³/mol. The summed E-state index contributed by atoms with van der Waals surface area (Å²) in [5.41, 5.74) is 2.07. The SMILES string of the molecule is [Se]=P(c1ccccc1)(c1ccccc1)c1c2ccccc2cc2c1c1ccc3ccccc3c1c1nc3ccccc3n21. The van der Waals surface area contributed by atoms with Crippen molar-refractivity contribution in [3.63, 3.8) is 0 Å². The Morgan fingerprint density at radius 1 is 0.488 bits per heavy atom. The van der Waals surface area contributed by atoms with Gasteiger partial charge in [-0.15, -0.1) is 0 Å². The number of para-hydroxylation sites is 2. The van der Waals surface area contributed by atoms with Crippen LogP contribution in [-0.4, -0.2) is 24.5 Å². The predicted octanol–water partition coefficient (Wildman–Crippen LogP) is 8.48. The Bertz CT molecular complexity index is 2540. The fourth-order valence-electron chi connectivity index (χ4n) is 6.92. The number of benzene rings is 7. The molecule has 0 amide bonds. The van der Waals surface area contributed by atoms with Crippen LogP contribution in [0.5, 0.6) is 0 Å². The van der Waals surface area contributed by atoms with Crippen molar-refractivity contribution < 1.29 is 0 Å². The van der Waals surface area contributed by atoms with Crippen molar-refractivity contribution in [3.05, 3.63) is 152 Å². The second-order valence-corrected chi connectivity index (χ2v) is 17.2. The Balaban J connectivity index is 1.65. The molecule has 0 saturated carbocycles. The van der Waals surface area contributed by atoms with Gasteiger partial charge in [-0.1, -0.05) is 0 Å². The summed E-state index contributed by atoms with van der Waals surface area (Å²) in [5.74, 6) is 0. The Morgan fingerprint density at radius 3 is 1.84 bits per heavy atom. The van der Waals surface area contributed by atoms with Crippen LogP contribution in [0.2, 0.25) is 0 Å². The van der Waals surface area contributed by atoms with Crippen molar-refractivity contribution in [3.8, 4) is 0 Å². The quantitative estimate of drug-likeness (QED) is 0.0828. The van der Waals surface area contributed by atoms with E-state index >= 15 is 0 Å². The van der Waals surface area contributed by atoms with Gasteiger partial charge >= 0.3 is 257 Å². The first-order valence-electron chi connectivity index (χ1n) is 14.5. The molecule has 0 aliphatic carbocycles. The van der Waals surface area contributed by atoms with Gasteiger partial charge in [-0.2, -0.15) is 0 Å². The van der Waals surface area contributed by atoms with Crippen LogP contribution < -0.4 is 15.9 Å². The van der Waals surface area contributed by atoms with E-state index in [2.05, 4.69) is 171 Å². The summed E-state index contributed by atoms with van der Waals surface area (Å²) in [6, 6.07) is 55.3. The van der Waals surface area contributed by atoms with Gasteiger partial charge in [0.1, 0.15) is 0 Å². The van der Waals surface area contributed by atoms with E-state index in [0.29, 0.717) is 0 Å². The van der Waals surface area contributed by atoms with E-state index in [1.165, 1.54) is 59.1 Å². The number of rotatable bonds is 3. The summed E-state index contributed by atoms with van der Waals surface area (Å²) in [5, 5.41) is 12.7. The van der Waals surface area contributed by atoms with Crippen molar-refractivity contribution in [1.29, 1.82) is 0 Å². The van der Waals surface area contributed by atoms with Crippen LogP contribution in [0.15, 0.2) is 152 Å². The van der Waals surface area contributed by atoms with E-state index in [0.717, 1.165) is 16.7 Å². The second-order valence-electron chi connectivity index (χ2n) is 11.1. The number of fused-ring (bicyclic) bond motifs is 11. The molecule has 0 fully saturated rings. The molecular weight excluding hydrogens is 606 g/mol. The molecule has 0 N–H and O–H groups in total. The minimum atomic E-state index is -2.26. The van der Waals surface area contributed by atoms with Gasteiger partial charge in [0.05, 0.1) is 0 Å². The van der Waals surface area contributed by atoms with E-state index in [4.69, 9.17) is 4.98 Å². The van der Waals surface area contributed by atoms with Crippen LogP contribution in [0, 0.1) is 0 Å². The molecule has 0 saturated heterocycles. The van der Waals surface area contributed by atoms with Gasteiger partial charge in [0, 0.05) is 0 Å². The molecule has 202 valence electrons. The number of aromatic nitrogens is 2. The summed E-state index contributed by atoms with van der Waals surface area (Å²) >= 11 is 3.89. The first-order chi connectivity index (χ1) is 21.2. The Hall–Kier alpha value is -4.52. The van der Waals surface area contributed by atoms with Crippen molar-refractivity contribution in [1.82, 2.24) is 9.38 Å². The van der Waals surface area contributed by atoms with E-state index in [-0.39, 0.29) is 0 Å². The molecule has 2 nitrogen and oxygen atoms in total. The Morgan fingerprint density at radius 2 is 1.09 bits per heavy atom. The normalized spacial score (nSPS) is 12.3. The standard InChI is InChI=1S/C39H25N2PSe/c43-42(28-15-3-1-4-16-28,29-17-5-2-6-18-29)38-31-20-10-8-14-27(31)25-35-37(38)32-24-23-26-13-7-9-19-30(26)36(32)39-40-33-21-11-12-22-34(33)41(35)39/h1-25H. The maximum absolute atomic E-state index is 5.30. The molecule has 2 aromatic heterocycles. The summed E-state index contributed by atoms with van der Waals surface area (Å²) in [6.07, 6.45) is 0. The van der Waals surface area contributed by atoms with Crippen LogP contribution in [0.1, 0.15) is 0 Å². The topological polar surface area (TPSA) is 17.3 Å². The molecule has 0 radical (unpaired) electrons. The van der Waals surface area contributed by atoms with Crippen molar-refractivity contribution in [2.45, 2.75) is 0 Å². The van der Waals surface area contributed by atoms with Crippen molar-refractivity contribution >= 4 is 96.4 Å². The summed E-state index contributed by atoms with van der Waals surface area (Å²) in [4.78, 5) is 5.30. The molecule has 0 bridgehead atoms. The molecule has 4 heteroatoms. The molecule has 9 aromatic rings. The van der Waals surface area contributed by atoms with Gasteiger partial charge < -0.3 is 0 Å². The average molecular weight is 632 g/mol. The Labute approximate surface area is 256 Å². The summed E-state index contributed by atoms with van der Waals surface area (Å²) < 4.78 is 2.41. The van der Waals surface area contributed by atoms with Gasteiger partial charge in [0.2, 0.25) is 0 Å². The first-order valence-corrected chi connectivity index (χ1v) is 18.5. The average Bonchev–Trinajstić information content (AvgIpc) is 3.47. The van der Waals surface area contributed by atoms with E-state index in [1.807, 2.05) is 0 Å². The van der Waals surface area contributed by atoms with Gasteiger partial charge in [-0.3, -0.25) is 0 Å². The molecular formula is C39H25N2PSe. The summed E-state index contributed by atoms with van der Waals surface area (Å²) in [6.45, 7) is 0. The van der Waals surface area contributed by atoms with Crippen LogP contribution >= 0.6 is 5.51 Å². The van der Waals surface area contributed by atoms with Gasteiger partial charge in [-0.05, 0) is 0 Å². The van der Waals surface area contributed by atoms with Gasteiger partial charge in [-0.25, -0.2) is 0 Å².